The number of ether oxygens (including phenoxy) is 1. The quantitative estimate of drug-likeness (QED) is 0.670. The van der Waals surface area contributed by atoms with Gasteiger partial charge in [0.25, 0.3) is 6.43 Å². The molecule has 0 amide bonds. The second kappa shape index (κ2) is 8.31. The highest BCUT2D eigenvalue weighted by atomic mass is 19.3. The topological polar surface area (TPSA) is 98.2 Å². The van der Waals surface area contributed by atoms with Crippen LogP contribution in [0.2, 0.25) is 0 Å². The third-order valence-electron chi connectivity index (χ3n) is 5.70. The molecule has 2 aromatic heterocycles. The molecule has 0 saturated carbocycles. The minimum absolute atomic E-state index is 0.144. The second-order valence-electron chi connectivity index (χ2n) is 7.75. The fraction of sp³-hybridized carbons (Fsp3) is 0.500. The van der Waals surface area contributed by atoms with Crippen molar-refractivity contribution in [3.05, 3.63) is 30.1 Å². The molecular formula is C20H24F2N8O. The van der Waals surface area contributed by atoms with Gasteiger partial charge >= 0.3 is 0 Å². The summed E-state index contributed by atoms with van der Waals surface area (Å²) in [6.07, 6.45) is -1.12. The largest absolute Gasteiger partial charge is 0.378 e. The Balaban J connectivity index is 1.65. The van der Waals surface area contributed by atoms with E-state index in [4.69, 9.17) is 10.5 Å². The number of alkyl halides is 2. The van der Waals surface area contributed by atoms with Gasteiger partial charge < -0.3 is 20.3 Å². The predicted molar refractivity (Wildman–Crippen MR) is 112 cm³/mol. The van der Waals surface area contributed by atoms with Crippen LogP contribution in [0.15, 0.2) is 24.3 Å². The summed E-state index contributed by atoms with van der Waals surface area (Å²) < 4.78 is 34.6. The van der Waals surface area contributed by atoms with Gasteiger partial charge in [-0.2, -0.15) is 15.0 Å². The van der Waals surface area contributed by atoms with E-state index in [-0.39, 0.29) is 17.8 Å². The first-order valence-corrected chi connectivity index (χ1v) is 10.5. The molecular weight excluding hydrogens is 406 g/mol. The summed E-state index contributed by atoms with van der Waals surface area (Å²) >= 11 is 0. The van der Waals surface area contributed by atoms with Gasteiger partial charge in [-0.1, -0.05) is 12.1 Å². The number of halogens is 2. The molecule has 2 aliphatic heterocycles. The lowest BCUT2D eigenvalue weighted by atomic mass is 10.1. The Kier molecular flexibility index (Phi) is 5.36. The molecule has 2 fully saturated rings. The number of nitrogens with two attached hydrogens (primary N) is 1. The molecule has 0 radical (unpaired) electrons. The van der Waals surface area contributed by atoms with E-state index in [1.807, 2.05) is 9.80 Å². The molecule has 0 atom stereocenters. The summed E-state index contributed by atoms with van der Waals surface area (Å²) in [6, 6.07) is 7.15. The molecule has 0 bridgehead atoms. The highest BCUT2D eigenvalue weighted by Crippen LogP contribution is 2.28. The Bertz CT molecular complexity index is 1060. The van der Waals surface area contributed by atoms with Crippen molar-refractivity contribution in [3.63, 3.8) is 0 Å². The van der Waals surface area contributed by atoms with Crippen LogP contribution in [0.3, 0.4) is 0 Å². The Morgan fingerprint density at radius 3 is 2.16 bits per heavy atom. The summed E-state index contributed by atoms with van der Waals surface area (Å²) in [4.78, 5) is 22.0. The number of morpholine rings is 1. The number of para-hydroxylation sites is 2. The first kappa shape index (κ1) is 20.0. The Labute approximate surface area is 177 Å². The molecule has 2 saturated heterocycles. The van der Waals surface area contributed by atoms with Gasteiger partial charge in [-0.05, 0) is 25.0 Å². The lowest BCUT2D eigenvalue weighted by Gasteiger charge is -2.32. The van der Waals surface area contributed by atoms with Crippen molar-refractivity contribution in [2.24, 2.45) is 5.73 Å². The molecule has 2 N–H and O–H groups in total. The first-order valence-electron chi connectivity index (χ1n) is 10.5. The van der Waals surface area contributed by atoms with E-state index in [1.165, 1.54) is 4.57 Å². The number of piperidine rings is 1. The highest BCUT2D eigenvalue weighted by Gasteiger charge is 2.26. The smallest absolute Gasteiger partial charge is 0.296 e. The molecule has 0 unspecified atom stereocenters. The van der Waals surface area contributed by atoms with Crippen molar-refractivity contribution >= 4 is 22.9 Å². The van der Waals surface area contributed by atoms with Crippen LogP contribution >= 0.6 is 0 Å². The van der Waals surface area contributed by atoms with Gasteiger partial charge in [0.15, 0.2) is 5.82 Å². The summed E-state index contributed by atoms with van der Waals surface area (Å²) in [5.74, 6) is 0.685. The number of benzene rings is 1. The summed E-state index contributed by atoms with van der Waals surface area (Å²) in [7, 11) is 0. The van der Waals surface area contributed by atoms with Crippen LogP contribution in [0.5, 0.6) is 0 Å². The van der Waals surface area contributed by atoms with E-state index in [2.05, 4.69) is 19.9 Å². The molecule has 9 nitrogen and oxygen atoms in total. The maximum Gasteiger partial charge on any atom is 0.296 e. The van der Waals surface area contributed by atoms with E-state index >= 15 is 0 Å². The number of hydrogen-bond donors (Lipinski definition) is 1. The maximum atomic E-state index is 13.9. The van der Waals surface area contributed by atoms with Crippen molar-refractivity contribution < 1.29 is 13.5 Å². The van der Waals surface area contributed by atoms with Crippen LogP contribution in [0, 0.1) is 0 Å². The molecule has 11 heteroatoms. The predicted octanol–water partition coefficient (Wildman–Crippen LogP) is 1.91. The lowest BCUT2D eigenvalue weighted by Crippen LogP contribution is -2.41. The van der Waals surface area contributed by atoms with Crippen LogP contribution in [0.25, 0.3) is 17.0 Å². The van der Waals surface area contributed by atoms with Crippen LogP contribution in [-0.2, 0) is 4.74 Å². The number of anilines is 2. The van der Waals surface area contributed by atoms with E-state index < -0.39 is 6.43 Å². The standard InChI is InChI=1S/C20H24F2N8O/c21-16(22)17-24-14-3-1-2-4-15(14)30(17)20-26-18(28-7-5-13(23)6-8-28)25-19(27-20)29-9-11-31-12-10-29/h1-4,13,16H,5-12,23H2. The number of hydrogen-bond acceptors (Lipinski definition) is 8. The summed E-state index contributed by atoms with van der Waals surface area (Å²) in [5, 5.41) is 0. The zero-order chi connectivity index (χ0) is 21.4. The van der Waals surface area contributed by atoms with Crippen molar-refractivity contribution in [2.75, 3.05) is 49.2 Å². The van der Waals surface area contributed by atoms with Gasteiger partial charge in [-0.3, -0.25) is 4.57 Å². The zero-order valence-corrected chi connectivity index (χ0v) is 17.0. The highest BCUT2D eigenvalue weighted by molar-refractivity contribution is 5.77. The molecule has 1 aromatic carbocycles. The monoisotopic (exact) mass is 430 g/mol. The molecule has 2 aliphatic rings. The lowest BCUT2D eigenvalue weighted by molar-refractivity contribution is 0.122. The minimum Gasteiger partial charge on any atom is -0.378 e. The molecule has 3 aromatic rings. The third kappa shape index (κ3) is 3.90. The van der Waals surface area contributed by atoms with Crippen molar-refractivity contribution in [1.82, 2.24) is 24.5 Å². The number of aromatic nitrogens is 5. The molecule has 4 heterocycles. The Morgan fingerprint density at radius 2 is 1.48 bits per heavy atom. The molecule has 0 spiro atoms. The van der Waals surface area contributed by atoms with Crippen LogP contribution in [0.4, 0.5) is 20.7 Å². The van der Waals surface area contributed by atoms with Gasteiger partial charge in [-0.15, -0.1) is 0 Å². The van der Waals surface area contributed by atoms with E-state index in [9.17, 15) is 8.78 Å². The minimum atomic E-state index is -2.77. The van der Waals surface area contributed by atoms with Crippen LogP contribution in [0.1, 0.15) is 25.1 Å². The molecule has 0 aliphatic carbocycles. The summed E-state index contributed by atoms with van der Waals surface area (Å²) in [6.45, 7) is 3.79. The van der Waals surface area contributed by atoms with E-state index in [0.29, 0.717) is 62.3 Å². The van der Waals surface area contributed by atoms with E-state index in [0.717, 1.165) is 12.8 Å². The fourth-order valence-electron chi connectivity index (χ4n) is 3.99. The van der Waals surface area contributed by atoms with Gasteiger partial charge in [0.1, 0.15) is 0 Å². The van der Waals surface area contributed by atoms with Gasteiger partial charge in [0.05, 0.1) is 24.2 Å². The van der Waals surface area contributed by atoms with Crippen molar-refractivity contribution in [3.8, 4) is 5.95 Å². The maximum absolute atomic E-state index is 13.9. The van der Waals surface area contributed by atoms with Crippen molar-refractivity contribution in [1.29, 1.82) is 0 Å². The Hall–Kier alpha value is -2.92. The van der Waals surface area contributed by atoms with Crippen molar-refractivity contribution in [2.45, 2.75) is 25.3 Å². The van der Waals surface area contributed by atoms with Gasteiger partial charge in [0.2, 0.25) is 17.8 Å². The SMILES string of the molecule is NC1CCN(c2nc(N3CCOCC3)nc(-n3c(C(F)F)nc4ccccc43)n2)CC1. The van der Waals surface area contributed by atoms with Gasteiger partial charge in [0, 0.05) is 32.2 Å². The average molecular weight is 430 g/mol. The number of nitrogens with zero attached hydrogens (tertiary/aromatic N) is 7. The molecule has 164 valence electrons. The average Bonchev–Trinajstić information content (AvgIpc) is 3.20. The normalized spacial score (nSPS) is 18.3. The third-order valence-corrected chi connectivity index (χ3v) is 5.70. The summed E-state index contributed by atoms with van der Waals surface area (Å²) in [5.41, 5.74) is 7.05. The number of rotatable bonds is 4. The Morgan fingerprint density at radius 1 is 0.871 bits per heavy atom. The molecule has 31 heavy (non-hydrogen) atoms. The number of imidazole rings is 1. The van der Waals surface area contributed by atoms with Crippen LogP contribution < -0.4 is 15.5 Å². The zero-order valence-electron chi connectivity index (χ0n) is 17.0. The second-order valence-corrected chi connectivity index (χ2v) is 7.75. The van der Waals surface area contributed by atoms with Crippen LogP contribution in [-0.4, -0.2) is 69.9 Å². The fourth-order valence-corrected chi connectivity index (χ4v) is 3.99. The number of fused-ring (bicyclic) bond motifs is 1. The van der Waals surface area contributed by atoms with Gasteiger partial charge in [-0.25, -0.2) is 13.8 Å². The van der Waals surface area contributed by atoms with E-state index in [1.54, 1.807) is 24.3 Å². The molecule has 5 rings (SSSR count). The first-order chi connectivity index (χ1) is 15.1.